The Kier molecular flexibility index (Phi) is 5.13. The van der Waals surface area contributed by atoms with Crippen LogP contribution in [0.4, 0.5) is 0 Å². The molecule has 0 aromatic heterocycles. The number of carboxylic acid groups (broad SMARTS) is 1. The topological polar surface area (TPSA) is 63.3 Å². The van der Waals surface area contributed by atoms with E-state index in [4.69, 9.17) is 10.8 Å². The van der Waals surface area contributed by atoms with E-state index in [0.29, 0.717) is 0 Å². The van der Waals surface area contributed by atoms with Crippen molar-refractivity contribution < 1.29 is 9.90 Å². The van der Waals surface area contributed by atoms with E-state index in [2.05, 4.69) is 20.8 Å². The third kappa shape index (κ3) is 8.05. The molecule has 3 heteroatoms. The lowest BCUT2D eigenvalue weighted by molar-refractivity contribution is -0.138. The van der Waals surface area contributed by atoms with E-state index in [9.17, 15) is 4.79 Å². The van der Waals surface area contributed by atoms with Crippen LogP contribution in [0.3, 0.4) is 0 Å². The van der Waals surface area contributed by atoms with E-state index in [1.807, 2.05) is 6.92 Å². The summed E-state index contributed by atoms with van der Waals surface area (Å²) in [6.45, 7) is 8.38. The van der Waals surface area contributed by atoms with Gasteiger partial charge in [0.05, 0.1) is 0 Å². The van der Waals surface area contributed by atoms with Crippen LogP contribution in [-0.2, 0) is 4.79 Å². The Hall–Kier alpha value is -0.570. The van der Waals surface area contributed by atoms with Crippen LogP contribution in [0.1, 0.15) is 47.0 Å². The summed E-state index contributed by atoms with van der Waals surface area (Å²) in [5.74, 6) is -0.565. The van der Waals surface area contributed by atoms with Crippen LogP contribution in [-0.4, -0.2) is 17.1 Å². The molecule has 0 aromatic rings. The van der Waals surface area contributed by atoms with Gasteiger partial charge in [0.15, 0.2) is 0 Å². The van der Waals surface area contributed by atoms with Crippen LogP contribution in [0, 0.1) is 11.3 Å². The van der Waals surface area contributed by atoms with Gasteiger partial charge in [0, 0.05) is 12.5 Å². The second-order valence-electron chi connectivity index (χ2n) is 5.46. The Bertz CT molecular complexity index is 184. The fraction of sp³-hybridized carbons (Fsp3) is 0.909. The molecule has 0 heterocycles. The molecule has 0 rings (SSSR count). The van der Waals surface area contributed by atoms with Crippen molar-refractivity contribution in [3.05, 3.63) is 0 Å². The Morgan fingerprint density at radius 2 is 1.93 bits per heavy atom. The summed E-state index contributed by atoms with van der Waals surface area (Å²) >= 11 is 0. The molecule has 0 bridgehead atoms. The Labute approximate surface area is 86.7 Å². The summed E-state index contributed by atoms with van der Waals surface area (Å²) in [4.78, 5) is 10.4. The van der Waals surface area contributed by atoms with Gasteiger partial charge in [0.25, 0.3) is 0 Å². The fourth-order valence-corrected chi connectivity index (χ4v) is 1.77. The van der Waals surface area contributed by atoms with E-state index in [0.717, 1.165) is 12.8 Å². The highest BCUT2D eigenvalue weighted by Gasteiger charge is 2.18. The molecule has 3 nitrogen and oxygen atoms in total. The van der Waals surface area contributed by atoms with Crippen molar-refractivity contribution in [1.29, 1.82) is 0 Å². The molecule has 0 unspecified atom stereocenters. The van der Waals surface area contributed by atoms with Crippen LogP contribution in [0.25, 0.3) is 0 Å². The molecule has 0 saturated carbocycles. The third-order valence-corrected chi connectivity index (χ3v) is 2.10. The lowest BCUT2D eigenvalue weighted by Gasteiger charge is -2.24. The second-order valence-corrected chi connectivity index (χ2v) is 5.46. The molecule has 2 atom stereocenters. The minimum Gasteiger partial charge on any atom is -0.481 e. The molecule has 0 saturated heterocycles. The maximum atomic E-state index is 10.4. The quantitative estimate of drug-likeness (QED) is 0.717. The van der Waals surface area contributed by atoms with Gasteiger partial charge in [-0.05, 0) is 24.2 Å². The number of carboxylic acids is 1. The molecule has 3 N–H and O–H groups in total. The van der Waals surface area contributed by atoms with Crippen molar-refractivity contribution in [2.45, 2.75) is 53.0 Å². The molecule has 14 heavy (non-hydrogen) atoms. The van der Waals surface area contributed by atoms with Crippen LogP contribution >= 0.6 is 0 Å². The van der Waals surface area contributed by atoms with Crippen LogP contribution in [0.2, 0.25) is 0 Å². The van der Waals surface area contributed by atoms with E-state index < -0.39 is 5.97 Å². The first-order chi connectivity index (χ1) is 6.20. The van der Waals surface area contributed by atoms with Crippen LogP contribution < -0.4 is 5.73 Å². The van der Waals surface area contributed by atoms with Crippen molar-refractivity contribution in [3.63, 3.8) is 0 Å². The SMILES string of the molecule is C[C@@H](CC(=O)O)C[C@@H](N)CC(C)(C)C. The van der Waals surface area contributed by atoms with Gasteiger partial charge in [-0.2, -0.15) is 0 Å². The maximum Gasteiger partial charge on any atom is 0.303 e. The average Bonchev–Trinajstić information content (AvgIpc) is 1.77. The highest BCUT2D eigenvalue weighted by atomic mass is 16.4. The van der Waals surface area contributed by atoms with Gasteiger partial charge in [0.1, 0.15) is 0 Å². The predicted octanol–water partition coefficient (Wildman–Crippen LogP) is 2.25. The van der Waals surface area contributed by atoms with Gasteiger partial charge >= 0.3 is 5.97 Å². The zero-order chi connectivity index (χ0) is 11.4. The third-order valence-electron chi connectivity index (χ3n) is 2.10. The smallest absolute Gasteiger partial charge is 0.303 e. The van der Waals surface area contributed by atoms with E-state index >= 15 is 0 Å². The normalized spacial score (nSPS) is 16.4. The molecule has 0 aliphatic carbocycles. The number of aliphatic carboxylic acids is 1. The van der Waals surface area contributed by atoms with Gasteiger partial charge in [-0.3, -0.25) is 4.79 Å². The summed E-state index contributed by atoms with van der Waals surface area (Å²) in [7, 11) is 0. The summed E-state index contributed by atoms with van der Waals surface area (Å²) in [6, 6.07) is 0.115. The number of rotatable bonds is 5. The van der Waals surface area contributed by atoms with Crippen molar-refractivity contribution in [1.82, 2.24) is 0 Å². The number of nitrogens with two attached hydrogens (primary N) is 1. The lowest BCUT2D eigenvalue weighted by Crippen LogP contribution is -2.28. The monoisotopic (exact) mass is 201 g/mol. The van der Waals surface area contributed by atoms with Gasteiger partial charge in [0.2, 0.25) is 0 Å². The van der Waals surface area contributed by atoms with Gasteiger partial charge in [-0.25, -0.2) is 0 Å². The molecule has 0 aliphatic rings. The Morgan fingerprint density at radius 1 is 1.43 bits per heavy atom. The number of carbonyl (C=O) groups is 1. The molecule has 84 valence electrons. The molecule has 0 aromatic carbocycles. The van der Waals surface area contributed by atoms with Crippen LogP contribution in [0.5, 0.6) is 0 Å². The van der Waals surface area contributed by atoms with Crippen molar-refractivity contribution in [3.8, 4) is 0 Å². The zero-order valence-electron chi connectivity index (χ0n) is 9.71. The average molecular weight is 201 g/mol. The maximum absolute atomic E-state index is 10.4. The summed E-state index contributed by atoms with van der Waals surface area (Å²) in [5, 5.41) is 8.59. The van der Waals surface area contributed by atoms with Crippen molar-refractivity contribution >= 4 is 5.97 Å². The molecule has 0 fully saturated rings. The number of hydrogen-bond donors (Lipinski definition) is 2. The fourth-order valence-electron chi connectivity index (χ4n) is 1.77. The lowest BCUT2D eigenvalue weighted by atomic mass is 9.85. The van der Waals surface area contributed by atoms with Gasteiger partial charge in [-0.15, -0.1) is 0 Å². The summed E-state index contributed by atoms with van der Waals surface area (Å²) in [6.07, 6.45) is 1.96. The van der Waals surface area contributed by atoms with E-state index in [1.165, 1.54) is 0 Å². The van der Waals surface area contributed by atoms with Gasteiger partial charge in [-0.1, -0.05) is 27.7 Å². The Morgan fingerprint density at radius 3 is 2.29 bits per heavy atom. The second kappa shape index (κ2) is 5.35. The first kappa shape index (κ1) is 13.4. The van der Waals surface area contributed by atoms with E-state index in [-0.39, 0.29) is 23.8 Å². The highest BCUT2D eigenvalue weighted by Crippen LogP contribution is 2.23. The number of hydrogen-bond acceptors (Lipinski definition) is 2. The molecule has 0 aliphatic heterocycles. The molecule has 0 spiro atoms. The summed E-state index contributed by atoms with van der Waals surface area (Å²) < 4.78 is 0. The van der Waals surface area contributed by atoms with E-state index in [1.54, 1.807) is 0 Å². The summed E-state index contributed by atoms with van der Waals surface area (Å²) in [5.41, 5.74) is 6.17. The zero-order valence-corrected chi connectivity index (χ0v) is 9.71. The van der Waals surface area contributed by atoms with Gasteiger partial charge < -0.3 is 10.8 Å². The minimum absolute atomic E-state index is 0.115. The largest absolute Gasteiger partial charge is 0.481 e. The highest BCUT2D eigenvalue weighted by molar-refractivity contribution is 5.66. The minimum atomic E-state index is -0.736. The first-order valence-corrected chi connectivity index (χ1v) is 5.18. The standard InChI is InChI=1S/C11H23NO2/c1-8(6-10(13)14)5-9(12)7-11(2,3)4/h8-9H,5-7,12H2,1-4H3,(H,13,14)/t8-,9-/m1/s1. The molecular weight excluding hydrogens is 178 g/mol. The molecule has 0 amide bonds. The Balaban J connectivity index is 3.82. The predicted molar refractivity (Wildman–Crippen MR) is 58.1 cm³/mol. The first-order valence-electron chi connectivity index (χ1n) is 5.18. The molecular formula is C11H23NO2. The van der Waals surface area contributed by atoms with Crippen molar-refractivity contribution in [2.75, 3.05) is 0 Å². The molecule has 0 radical (unpaired) electrons. The van der Waals surface area contributed by atoms with Crippen molar-refractivity contribution in [2.24, 2.45) is 17.1 Å². The van der Waals surface area contributed by atoms with Crippen LogP contribution in [0.15, 0.2) is 0 Å².